The fourth-order valence-electron chi connectivity index (χ4n) is 2.11. The zero-order valence-corrected chi connectivity index (χ0v) is 10.5. The van der Waals surface area contributed by atoms with E-state index in [-0.39, 0.29) is 5.92 Å². The van der Waals surface area contributed by atoms with E-state index in [0.717, 1.165) is 34.5 Å². The molecule has 0 fully saturated rings. The van der Waals surface area contributed by atoms with E-state index in [1.807, 2.05) is 25.1 Å². The van der Waals surface area contributed by atoms with Gasteiger partial charge in [-0.05, 0) is 18.6 Å². The van der Waals surface area contributed by atoms with Crippen molar-refractivity contribution in [1.29, 1.82) is 5.26 Å². The number of hydrogen-bond donors (Lipinski definition) is 2. The van der Waals surface area contributed by atoms with Crippen LogP contribution in [-0.4, -0.2) is 19.9 Å². The number of aromatic nitrogens is 4. The number of nitrogens with one attached hydrogen (secondary N) is 2. The first-order valence-electron chi connectivity index (χ1n) is 6.20. The quantitative estimate of drug-likeness (QED) is 0.750. The Bertz CT molecular complexity index is 746. The molecule has 2 N–H and O–H groups in total. The van der Waals surface area contributed by atoms with Crippen LogP contribution in [-0.2, 0) is 0 Å². The third kappa shape index (κ3) is 1.97. The highest BCUT2D eigenvalue weighted by molar-refractivity contribution is 5.80. The molecule has 1 atom stereocenters. The van der Waals surface area contributed by atoms with Gasteiger partial charge in [-0.15, -0.1) is 0 Å². The minimum atomic E-state index is -0.176. The molecule has 0 saturated heterocycles. The van der Waals surface area contributed by atoms with Crippen molar-refractivity contribution < 1.29 is 0 Å². The van der Waals surface area contributed by atoms with E-state index in [1.165, 1.54) is 0 Å². The smallest absolute Gasteiger partial charge is 0.123 e. The molecule has 94 valence electrons. The van der Waals surface area contributed by atoms with Gasteiger partial charge < -0.3 is 9.97 Å². The van der Waals surface area contributed by atoms with E-state index in [2.05, 4.69) is 26.0 Å². The normalized spacial score (nSPS) is 12.4. The Morgan fingerprint density at radius 2 is 2.26 bits per heavy atom. The fourth-order valence-corrected chi connectivity index (χ4v) is 2.11. The lowest BCUT2D eigenvalue weighted by molar-refractivity contribution is 0.766. The first-order valence-corrected chi connectivity index (χ1v) is 6.20. The Balaban J connectivity index is 2.00. The molecule has 0 spiro atoms. The summed E-state index contributed by atoms with van der Waals surface area (Å²) in [5.74, 6) is 0.550. The minimum Gasteiger partial charge on any atom is -0.345 e. The number of nitrogens with zero attached hydrogens (tertiary/aromatic N) is 3. The van der Waals surface area contributed by atoms with Crippen LogP contribution in [0.4, 0.5) is 0 Å². The van der Waals surface area contributed by atoms with E-state index in [1.54, 1.807) is 12.5 Å². The number of aromatic amines is 2. The molecule has 2 aromatic heterocycles. The van der Waals surface area contributed by atoms with E-state index >= 15 is 0 Å². The lowest BCUT2D eigenvalue weighted by atomic mass is 10.1. The van der Waals surface area contributed by atoms with Crippen LogP contribution in [0.1, 0.15) is 25.1 Å². The van der Waals surface area contributed by atoms with Gasteiger partial charge in [0, 0.05) is 5.56 Å². The summed E-state index contributed by atoms with van der Waals surface area (Å²) in [6.45, 7) is 1.98. The lowest BCUT2D eigenvalue weighted by Gasteiger charge is -2.01. The summed E-state index contributed by atoms with van der Waals surface area (Å²) in [7, 11) is 0. The number of H-pyrrole nitrogens is 2. The van der Waals surface area contributed by atoms with Gasteiger partial charge in [0.15, 0.2) is 0 Å². The summed E-state index contributed by atoms with van der Waals surface area (Å²) >= 11 is 0. The molecule has 0 amide bonds. The molecule has 0 radical (unpaired) electrons. The average Bonchev–Trinajstić information content (AvgIpc) is 3.08. The Hall–Kier alpha value is -2.61. The summed E-state index contributed by atoms with van der Waals surface area (Å²) in [6.07, 6.45) is 4.20. The largest absolute Gasteiger partial charge is 0.345 e. The fraction of sp³-hybridized carbons (Fsp3) is 0.214. The average molecular weight is 251 g/mol. The maximum Gasteiger partial charge on any atom is 0.123 e. The van der Waals surface area contributed by atoms with Crippen LogP contribution in [0.3, 0.4) is 0 Å². The highest BCUT2D eigenvalue weighted by atomic mass is 14.9. The summed E-state index contributed by atoms with van der Waals surface area (Å²) in [6, 6.07) is 8.22. The third-order valence-electron chi connectivity index (χ3n) is 3.22. The standard InChI is InChI=1S/C14H13N5/c1-2-9(6-15)14-16-7-13(19-14)10-3-4-11-12(5-10)18-8-17-11/h3-5,7-9H,2H2,1H3,(H,16,19)(H,17,18). The molecule has 0 aliphatic rings. The predicted molar refractivity (Wildman–Crippen MR) is 72.3 cm³/mol. The van der Waals surface area contributed by atoms with Crippen molar-refractivity contribution in [2.24, 2.45) is 0 Å². The highest BCUT2D eigenvalue weighted by Crippen LogP contribution is 2.23. The number of rotatable bonds is 3. The van der Waals surface area contributed by atoms with Crippen molar-refractivity contribution in [2.45, 2.75) is 19.3 Å². The predicted octanol–water partition coefficient (Wildman–Crippen LogP) is 2.97. The Kier molecular flexibility index (Phi) is 2.76. The van der Waals surface area contributed by atoms with Crippen molar-refractivity contribution in [1.82, 2.24) is 19.9 Å². The van der Waals surface area contributed by atoms with Gasteiger partial charge in [0.1, 0.15) is 11.7 Å². The lowest BCUT2D eigenvalue weighted by Crippen LogP contribution is -1.95. The first-order chi connectivity index (χ1) is 9.31. The molecule has 1 aromatic carbocycles. The van der Waals surface area contributed by atoms with Crippen LogP contribution in [0.15, 0.2) is 30.7 Å². The number of nitriles is 1. The summed E-state index contributed by atoms with van der Waals surface area (Å²) in [4.78, 5) is 14.8. The van der Waals surface area contributed by atoms with Gasteiger partial charge in [0.25, 0.3) is 0 Å². The number of benzene rings is 1. The molecule has 2 heterocycles. The van der Waals surface area contributed by atoms with Crippen molar-refractivity contribution in [3.05, 3.63) is 36.5 Å². The number of imidazole rings is 2. The Labute approximate surface area is 110 Å². The molecule has 19 heavy (non-hydrogen) atoms. The zero-order chi connectivity index (χ0) is 13.2. The summed E-state index contributed by atoms with van der Waals surface area (Å²) in [5.41, 5.74) is 3.87. The van der Waals surface area contributed by atoms with Crippen molar-refractivity contribution in [3.8, 4) is 17.3 Å². The molecular weight excluding hydrogens is 238 g/mol. The summed E-state index contributed by atoms with van der Waals surface area (Å²) < 4.78 is 0. The van der Waals surface area contributed by atoms with Crippen molar-refractivity contribution in [2.75, 3.05) is 0 Å². The van der Waals surface area contributed by atoms with E-state index < -0.39 is 0 Å². The third-order valence-corrected chi connectivity index (χ3v) is 3.22. The molecule has 1 unspecified atom stereocenters. The molecule has 0 aliphatic heterocycles. The second kappa shape index (κ2) is 4.58. The SMILES string of the molecule is CCC(C#N)c1ncc(-c2ccc3nc[nH]c3c2)[nH]1. The number of fused-ring (bicyclic) bond motifs is 1. The van der Waals surface area contributed by atoms with Crippen LogP contribution in [0.2, 0.25) is 0 Å². The van der Waals surface area contributed by atoms with Gasteiger partial charge in [0.2, 0.25) is 0 Å². The van der Waals surface area contributed by atoms with Crippen molar-refractivity contribution >= 4 is 11.0 Å². The van der Waals surface area contributed by atoms with Gasteiger partial charge in [-0.25, -0.2) is 9.97 Å². The molecule has 5 nitrogen and oxygen atoms in total. The Morgan fingerprint density at radius 1 is 1.37 bits per heavy atom. The molecule has 5 heteroatoms. The molecule has 0 aliphatic carbocycles. The minimum absolute atomic E-state index is 0.176. The first kappa shape index (κ1) is 11.5. The maximum absolute atomic E-state index is 9.05. The highest BCUT2D eigenvalue weighted by Gasteiger charge is 2.12. The molecule has 3 rings (SSSR count). The maximum atomic E-state index is 9.05. The van der Waals surface area contributed by atoms with Crippen LogP contribution in [0.25, 0.3) is 22.3 Å². The van der Waals surface area contributed by atoms with Gasteiger partial charge in [-0.3, -0.25) is 0 Å². The Morgan fingerprint density at radius 3 is 3.05 bits per heavy atom. The van der Waals surface area contributed by atoms with E-state index in [0.29, 0.717) is 0 Å². The van der Waals surface area contributed by atoms with Crippen molar-refractivity contribution in [3.63, 3.8) is 0 Å². The van der Waals surface area contributed by atoms with Gasteiger partial charge in [-0.1, -0.05) is 13.0 Å². The number of hydrogen-bond acceptors (Lipinski definition) is 3. The zero-order valence-electron chi connectivity index (χ0n) is 10.5. The van der Waals surface area contributed by atoms with Gasteiger partial charge >= 0.3 is 0 Å². The van der Waals surface area contributed by atoms with Crippen LogP contribution in [0, 0.1) is 11.3 Å². The topological polar surface area (TPSA) is 81.2 Å². The molecule has 0 saturated carbocycles. The molecule has 0 bridgehead atoms. The van der Waals surface area contributed by atoms with Gasteiger partial charge in [-0.2, -0.15) is 5.26 Å². The van der Waals surface area contributed by atoms with Gasteiger partial charge in [0.05, 0.1) is 35.3 Å². The van der Waals surface area contributed by atoms with Crippen LogP contribution in [0.5, 0.6) is 0 Å². The monoisotopic (exact) mass is 251 g/mol. The van der Waals surface area contributed by atoms with E-state index in [4.69, 9.17) is 5.26 Å². The second-order valence-corrected chi connectivity index (χ2v) is 4.41. The second-order valence-electron chi connectivity index (χ2n) is 4.41. The van der Waals surface area contributed by atoms with E-state index in [9.17, 15) is 0 Å². The summed E-state index contributed by atoms with van der Waals surface area (Å²) in [5, 5.41) is 9.05. The molecule has 3 aromatic rings. The molecular formula is C14H13N5. The van der Waals surface area contributed by atoms with Crippen LogP contribution < -0.4 is 0 Å². The van der Waals surface area contributed by atoms with Crippen LogP contribution >= 0.6 is 0 Å².